The van der Waals surface area contributed by atoms with E-state index in [1.807, 2.05) is 0 Å². The Balaban J connectivity index is 1.35. The molecule has 226 valence electrons. The monoisotopic (exact) mass is 612 g/mol. The van der Waals surface area contributed by atoms with E-state index < -0.39 is 0 Å². The number of benzene rings is 7. The molecule has 7 aromatic carbocycles. The molecule has 0 N–H and O–H groups in total. The molecule has 9 aromatic rings. The van der Waals surface area contributed by atoms with Crippen LogP contribution < -0.4 is 0 Å². The molecule has 0 radical (unpaired) electrons. The molecule has 0 amide bonds. The Kier molecular flexibility index (Phi) is 6.04. The summed E-state index contributed by atoms with van der Waals surface area (Å²) >= 11 is 0. The molecule has 0 saturated heterocycles. The molecule has 2 aromatic heterocycles. The third kappa shape index (κ3) is 4.06. The van der Waals surface area contributed by atoms with Gasteiger partial charge < -0.3 is 9.13 Å². The fourth-order valence-electron chi connectivity index (χ4n) is 7.97. The zero-order chi connectivity index (χ0) is 31.6. The molecule has 2 heteroatoms. The van der Waals surface area contributed by atoms with Gasteiger partial charge in [-0.3, -0.25) is 0 Å². The summed E-state index contributed by atoms with van der Waals surface area (Å²) in [5.41, 5.74) is 12.4. The minimum atomic E-state index is 1.07. The van der Waals surface area contributed by atoms with Crippen LogP contribution in [0.25, 0.3) is 82.5 Å². The minimum absolute atomic E-state index is 1.07. The lowest BCUT2D eigenvalue weighted by molar-refractivity contribution is 1.05. The lowest BCUT2D eigenvalue weighted by atomic mass is 9.93. The molecule has 0 atom stereocenters. The van der Waals surface area contributed by atoms with E-state index in [1.54, 1.807) is 0 Å². The van der Waals surface area contributed by atoms with Crippen LogP contribution in [0.5, 0.6) is 0 Å². The molecular formula is C46H32N2. The van der Waals surface area contributed by atoms with Crippen LogP contribution in [-0.4, -0.2) is 9.13 Å². The molecule has 48 heavy (non-hydrogen) atoms. The van der Waals surface area contributed by atoms with E-state index in [0.717, 1.165) is 12.8 Å². The number of nitrogens with zero attached hydrogens (tertiary/aromatic N) is 2. The van der Waals surface area contributed by atoms with E-state index in [0.29, 0.717) is 0 Å². The van der Waals surface area contributed by atoms with Crippen molar-refractivity contribution < 1.29 is 0 Å². The first-order valence-electron chi connectivity index (χ1n) is 16.8. The molecule has 0 bridgehead atoms. The van der Waals surface area contributed by atoms with E-state index in [4.69, 9.17) is 0 Å². The lowest BCUT2D eigenvalue weighted by Gasteiger charge is -2.18. The maximum atomic E-state index is 2.50. The Hall–Kier alpha value is -6.12. The van der Waals surface area contributed by atoms with Gasteiger partial charge in [-0.15, -0.1) is 0 Å². The summed E-state index contributed by atoms with van der Waals surface area (Å²) in [6.45, 7) is 0. The maximum Gasteiger partial charge on any atom is 0.0619 e. The summed E-state index contributed by atoms with van der Waals surface area (Å²) in [5.74, 6) is 0. The number of allylic oxidation sites excluding steroid dienone is 4. The second-order valence-corrected chi connectivity index (χ2v) is 12.8. The van der Waals surface area contributed by atoms with Crippen molar-refractivity contribution in [2.75, 3.05) is 0 Å². The number of rotatable bonds is 4. The van der Waals surface area contributed by atoms with Gasteiger partial charge in [-0.25, -0.2) is 0 Å². The molecule has 0 fully saturated rings. The van der Waals surface area contributed by atoms with Crippen LogP contribution in [0.3, 0.4) is 0 Å². The first kappa shape index (κ1) is 27.0. The van der Waals surface area contributed by atoms with Crippen molar-refractivity contribution in [3.8, 4) is 22.5 Å². The van der Waals surface area contributed by atoms with Crippen LogP contribution in [0.15, 0.2) is 170 Å². The Morgan fingerprint density at radius 3 is 2.02 bits per heavy atom. The number of fused-ring (bicyclic) bond motifs is 8. The van der Waals surface area contributed by atoms with Crippen molar-refractivity contribution in [3.05, 3.63) is 175 Å². The first-order chi connectivity index (χ1) is 23.8. The average molecular weight is 613 g/mol. The van der Waals surface area contributed by atoms with Crippen molar-refractivity contribution in [2.24, 2.45) is 0 Å². The normalized spacial score (nSPS) is 13.3. The first-order valence-corrected chi connectivity index (χ1v) is 16.8. The highest BCUT2D eigenvalue weighted by Crippen LogP contribution is 2.43. The van der Waals surface area contributed by atoms with E-state index in [-0.39, 0.29) is 0 Å². The SMILES string of the molecule is C1=CCCC(c2ccc(-n3c4ccccc4c4cc5c6ccc7ccccc7c6n(-c6ccccc6)c5cc43)c(-c3ccccc3)c2)=C1. The van der Waals surface area contributed by atoms with E-state index in [2.05, 4.69) is 179 Å². The topological polar surface area (TPSA) is 9.86 Å². The van der Waals surface area contributed by atoms with Crippen molar-refractivity contribution in [2.45, 2.75) is 12.8 Å². The van der Waals surface area contributed by atoms with E-state index in [1.165, 1.54) is 88.0 Å². The Morgan fingerprint density at radius 2 is 1.19 bits per heavy atom. The Labute approximate surface area is 279 Å². The summed E-state index contributed by atoms with van der Waals surface area (Å²) in [4.78, 5) is 0. The van der Waals surface area contributed by atoms with E-state index >= 15 is 0 Å². The maximum absolute atomic E-state index is 2.50. The van der Waals surface area contributed by atoms with Gasteiger partial charge in [0.05, 0.1) is 27.8 Å². The van der Waals surface area contributed by atoms with Gasteiger partial charge in [0.15, 0.2) is 0 Å². The molecule has 0 unspecified atom stereocenters. The second-order valence-electron chi connectivity index (χ2n) is 12.8. The Bertz CT molecular complexity index is 2760. The molecule has 1 aliphatic rings. The fourth-order valence-corrected chi connectivity index (χ4v) is 7.97. The highest BCUT2D eigenvalue weighted by atomic mass is 15.0. The van der Waals surface area contributed by atoms with Crippen LogP contribution in [-0.2, 0) is 0 Å². The molecule has 0 saturated carbocycles. The van der Waals surface area contributed by atoms with Crippen molar-refractivity contribution in [1.82, 2.24) is 9.13 Å². The summed E-state index contributed by atoms with van der Waals surface area (Å²) in [6.07, 6.45) is 8.88. The quantitative estimate of drug-likeness (QED) is 0.187. The van der Waals surface area contributed by atoms with Gasteiger partial charge >= 0.3 is 0 Å². The highest BCUT2D eigenvalue weighted by molar-refractivity contribution is 6.23. The minimum Gasteiger partial charge on any atom is -0.309 e. The largest absolute Gasteiger partial charge is 0.309 e. The number of hydrogen-bond acceptors (Lipinski definition) is 0. The molecule has 0 spiro atoms. The van der Waals surface area contributed by atoms with Gasteiger partial charge in [-0.2, -0.15) is 0 Å². The molecular weight excluding hydrogens is 581 g/mol. The van der Waals surface area contributed by atoms with Gasteiger partial charge in [0.25, 0.3) is 0 Å². The van der Waals surface area contributed by atoms with Gasteiger partial charge in [0.1, 0.15) is 0 Å². The van der Waals surface area contributed by atoms with Crippen molar-refractivity contribution in [1.29, 1.82) is 0 Å². The smallest absolute Gasteiger partial charge is 0.0619 e. The van der Waals surface area contributed by atoms with Gasteiger partial charge in [0.2, 0.25) is 0 Å². The predicted molar refractivity (Wildman–Crippen MR) is 204 cm³/mol. The molecule has 2 heterocycles. The summed E-state index contributed by atoms with van der Waals surface area (Å²) in [7, 11) is 0. The fraction of sp³-hybridized carbons (Fsp3) is 0.0435. The summed E-state index contributed by atoms with van der Waals surface area (Å²) in [6, 6.07) is 55.9. The predicted octanol–water partition coefficient (Wildman–Crippen LogP) is 12.4. The summed E-state index contributed by atoms with van der Waals surface area (Å²) in [5, 5.41) is 7.59. The third-order valence-electron chi connectivity index (χ3n) is 10.2. The zero-order valence-corrected chi connectivity index (χ0v) is 26.5. The van der Waals surface area contributed by atoms with Crippen LogP contribution >= 0.6 is 0 Å². The number of hydrogen-bond donors (Lipinski definition) is 0. The molecule has 2 nitrogen and oxygen atoms in total. The van der Waals surface area contributed by atoms with E-state index in [9.17, 15) is 0 Å². The van der Waals surface area contributed by atoms with Crippen LogP contribution in [0.4, 0.5) is 0 Å². The molecule has 10 rings (SSSR count). The van der Waals surface area contributed by atoms with Gasteiger partial charge in [-0.1, -0.05) is 127 Å². The number of aromatic nitrogens is 2. The second kappa shape index (κ2) is 10.7. The lowest BCUT2D eigenvalue weighted by Crippen LogP contribution is -2.00. The van der Waals surface area contributed by atoms with Crippen LogP contribution in [0.1, 0.15) is 18.4 Å². The van der Waals surface area contributed by atoms with Crippen LogP contribution in [0, 0.1) is 0 Å². The van der Waals surface area contributed by atoms with Crippen LogP contribution in [0.2, 0.25) is 0 Å². The summed E-state index contributed by atoms with van der Waals surface area (Å²) < 4.78 is 4.97. The third-order valence-corrected chi connectivity index (χ3v) is 10.2. The molecule has 1 aliphatic carbocycles. The van der Waals surface area contributed by atoms with Gasteiger partial charge in [-0.05, 0) is 77.4 Å². The number of para-hydroxylation sites is 2. The molecule has 0 aliphatic heterocycles. The zero-order valence-electron chi connectivity index (χ0n) is 26.5. The van der Waals surface area contributed by atoms with Gasteiger partial charge in [0, 0.05) is 38.2 Å². The highest BCUT2D eigenvalue weighted by Gasteiger charge is 2.21. The van der Waals surface area contributed by atoms with Crippen molar-refractivity contribution in [3.63, 3.8) is 0 Å². The average Bonchev–Trinajstić information content (AvgIpc) is 3.67. The van der Waals surface area contributed by atoms with Crippen molar-refractivity contribution >= 4 is 60.0 Å². The standard InChI is InChI=1S/C46H32N2/c1-4-14-31(15-5-1)34-25-27-43(39(28-34)32-16-6-2-7-17-32)48-42-23-13-12-22-37(42)40-29-41-38-26-24-33-18-10-11-21-36(33)46(38)47(44(41)30-45(40)48)35-19-8-3-9-20-35/h1-4,6-14,16-30H,5,15H2. The Morgan fingerprint density at radius 1 is 0.458 bits per heavy atom.